The van der Waals surface area contributed by atoms with Crippen LogP contribution in [-0.4, -0.2) is 79.2 Å². The molecule has 0 saturated carbocycles. The van der Waals surface area contributed by atoms with Gasteiger partial charge in [-0.3, -0.25) is 14.5 Å². The smallest absolute Gasteiger partial charge is 0.295 e. The van der Waals surface area contributed by atoms with Crippen molar-refractivity contribution in [3.05, 3.63) is 65.2 Å². The molecule has 1 N–H and O–H groups in total. The highest BCUT2D eigenvalue weighted by molar-refractivity contribution is 6.46. The van der Waals surface area contributed by atoms with Crippen LogP contribution in [0.4, 0.5) is 0 Å². The zero-order chi connectivity index (χ0) is 25.7. The van der Waals surface area contributed by atoms with Crippen molar-refractivity contribution in [1.82, 2.24) is 9.80 Å². The molecule has 0 aromatic heterocycles. The molecule has 0 spiro atoms. The van der Waals surface area contributed by atoms with Gasteiger partial charge in [0.15, 0.2) is 0 Å². The quantitative estimate of drug-likeness (QED) is 0.324. The Morgan fingerprint density at radius 3 is 2.42 bits per heavy atom. The van der Waals surface area contributed by atoms with Crippen LogP contribution in [0.2, 0.25) is 0 Å². The molecule has 2 aromatic rings. The maximum atomic E-state index is 13.3. The topological polar surface area (TPSA) is 88.5 Å². The molecule has 2 saturated heterocycles. The van der Waals surface area contributed by atoms with Crippen molar-refractivity contribution in [3.63, 3.8) is 0 Å². The molecule has 2 aliphatic heterocycles. The van der Waals surface area contributed by atoms with Crippen molar-refractivity contribution in [1.29, 1.82) is 0 Å². The third-order valence-electron chi connectivity index (χ3n) is 6.45. The molecule has 8 nitrogen and oxygen atoms in total. The molecule has 1 amide bonds. The maximum Gasteiger partial charge on any atom is 0.295 e. The maximum absolute atomic E-state index is 13.3. The predicted octanol–water partition coefficient (Wildman–Crippen LogP) is 3.63. The standard InChI is InChI=1S/C28H34N2O6/c1-19(2)36-21-11-9-20(10-12-21)26(31)24-25(22-7-4-5-8-23(22)34-3)30(28(33)27(24)32)14-6-13-29-15-17-35-18-16-29/h4-5,7-12,19,25,31H,6,13-18H2,1-3H3/t25-/m0/s1. The van der Waals surface area contributed by atoms with Crippen molar-refractivity contribution in [2.24, 2.45) is 0 Å². The van der Waals surface area contributed by atoms with E-state index in [4.69, 9.17) is 14.2 Å². The number of ketones is 1. The summed E-state index contributed by atoms with van der Waals surface area (Å²) in [6, 6.07) is 13.4. The van der Waals surface area contributed by atoms with E-state index in [9.17, 15) is 14.7 Å². The van der Waals surface area contributed by atoms with Crippen molar-refractivity contribution < 1.29 is 28.9 Å². The molecule has 2 fully saturated rings. The third-order valence-corrected chi connectivity index (χ3v) is 6.45. The van der Waals surface area contributed by atoms with Gasteiger partial charge in [0.05, 0.1) is 38.0 Å². The molecule has 0 bridgehead atoms. The number of hydrogen-bond acceptors (Lipinski definition) is 7. The number of hydrogen-bond donors (Lipinski definition) is 1. The van der Waals surface area contributed by atoms with Crippen LogP contribution in [0.25, 0.3) is 5.76 Å². The Morgan fingerprint density at radius 2 is 1.75 bits per heavy atom. The van der Waals surface area contributed by atoms with Crippen LogP contribution in [0.1, 0.15) is 37.4 Å². The van der Waals surface area contributed by atoms with Gasteiger partial charge in [-0.1, -0.05) is 18.2 Å². The van der Waals surface area contributed by atoms with E-state index in [0.717, 1.165) is 19.6 Å². The summed E-state index contributed by atoms with van der Waals surface area (Å²) in [6.45, 7) is 8.14. The van der Waals surface area contributed by atoms with Crippen LogP contribution < -0.4 is 9.47 Å². The van der Waals surface area contributed by atoms with Crippen molar-refractivity contribution in [2.75, 3.05) is 46.5 Å². The fourth-order valence-electron chi connectivity index (χ4n) is 4.73. The van der Waals surface area contributed by atoms with Crippen LogP contribution in [-0.2, 0) is 14.3 Å². The van der Waals surface area contributed by atoms with Gasteiger partial charge in [-0.05, 0) is 50.6 Å². The molecule has 2 aromatic carbocycles. The third kappa shape index (κ3) is 5.55. The van der Waals surface area contributed by atoms with E-state index in [-0.39, 0.29) is 17.4 Å². The summed E-state index contributed by atoms with van der Waals surface area (Å²) in [6.07, 6.45) is 0.706. The Labute approximate surface area is 212 Å². The fourth-order valence-corrected chi connectivity index (χ4v) is 4.73. The number of carbonyl (C=O) groups excluding carboxylic acids is 2. The Kier molecular flexibility index (Phi) is 8.28. The lowest BCUT2D eigenvalue weighted by atomic mass is 9.94. The summed E-state index contributed by atoms with van der Waals surface area (Å²) in [5, 5.41) is 11.3. The summed E-state index contributed by atoms with van der Waals surface area (Å²) < 4.78 is 16.7. The minimum absolute atomic E-state index is 0.0118. The number of methoxy groups -OCH3 is 1. The first-order chi connectivity index (χ1) is 17.4. The second kappa shape index (κ2) is 11.6. The highest BCUT2D eigenvalue weighted by Crippen LogP contribution is 2.42. The lowest BCUT2D eigenvalue weighted by Gasteiger charge is -2.29. The highest BCUT2D eigenvalue weighted by atomic mass is 16.5. The van der Waals surface area contributed by atoms with Gasteiger partial charge in [-0.25, -0.2) is 0 Å². The highest BCUT2D eigenvalue weighted by Gasteiger charge is 2.46. The number of carbonyl (C=O) groups is 2. The van der Waals surface area contributed by atoms with Crippen LogP contribution in [0.15, 0.2) is 54.1 Å². The zero-order valence-electron chi connectivity index (χ0n) is 21.1. The molecule has 2 aliphatic rings. The lowest BCUT2D eigenvalue weighted by Crippen LogP contribution is -2.39. The van der Waals surface area contributed by atoms with E-state index in [1.807, 2.05) is 32.0 Å². The molecule has 36 heavy (non-hydrogen) atoms. The van der Waals surface area contributed by atoms with Gasteiger partial charge in [0.2, 0.25) is 0 Å². The largest absolute Gasteiger partial charge is 0.507 e. The van der Waals surface area contributed by atoms with Gasteiger partial charge in [0.25, 0.3) is 11.7 Å². The second-order valence-electron chi connectivity index (χ2n) is 9.23. The molecule has 1 atom stereocenters. The first-order valence-electron chi connectivity index (χ1n) is 12.4. The summed E-state index contributed by atoms with van der Waals surface area (Å²) in [7, 11) is 1.55. The Hall–Kier alpha value is -3.36. The van der Waals surface area contributed by atoms with Crippen molar-refractivity contribution >= 4 is 17.4 Å². The molecule has 2 heterocycles. The van der Waals surface area contributed by atoms with Gasteiger partial charge < -0.3 is 24.2 Å². The number of Topliss-reactive ketones (excluding diaryl/α,β-unsaturated/α-hetero) is 1. The van der Waals surface area contributed by atoms with E-state index >= 15 is 0 Å². The average Bonchev–Trinajstić information content (AvgIpc) is 3.14. The Morgan fingerprint density at radius 1 is 1.06 bits per heavy atom. The van der Waals surface area contributed by atoms with E-state index < -0.39 is 17.7 Å². The number of ether oxygens (including phenoxy) is 3. The Bertz CT molecular complexity index is 1110. The number of para-hydroxylation sites is 1. The fraction of sp³-hybridized carbons (Fsp3) is 0.429. The van der Waals surface area contributed by atoms with Gasteiger partial charge >= 0.3 is 0 Å². The van der Waals surface area contributed by atoms with Crippen LogP contribution in [0.3, 0.4) is 0 Å². The monoisotopic (exact) mass is 494 g/mol. The van der Waals surface area contributed by atoms with E-state index in [0.29, 0.717) is 48.8 Å². The van der Waals surface area contributed by atoms with Gasteiger partial charge in [-0.15, -0.1) is 0 Å². The number of likely N-dealkylation sites (tertiary alicyclic amines) is 1. The minimum atomic E-state index is -0.752. The number of aliphatic hydroxyl groups is 1. The van der Waals surface area contributed by atoms with Gasteiger partial charge in [0.1, 0.15) is 17.3 Å². The molecule has 0 aliphatic carbocycles. The number of benzene rings is 2. The number of aliphatic hydroxyl groups excluding tert-OH is 1. The van der Waals surface area contributed by atoms with Gasteiger partial charge in [-0.2, -0.15) is 0 Å². The summed E-state index contributed by atoms with van der Waals surface area (Å²) in [5.74, 6) is -0.317. The van der Waals surface area contributed by atoms with Crippen molar-refractivity contribution in [3.8, 4) is 11.5 Å². The average molecular weight is 495 g/mol. The molecule has 4 rings (SSSR count). The summed E-state index contributed by atoms with van der Waals surface area (Å²) in [4.78, 5) is 30.4. The molecule has 192 valence electrons. The number of morpholine rings is 1. The molecular weight excluding hydrogens is 460 g/mol. The molecular formula is C28H34N2O6. The Balaban J connectivity index is 1.68. The number of amides is 1. The lowest BCUT2D eigenvalue weighted by molar-refractivity contribution is -0.140. The zero-order valence-corrected chi connectivity index (χ0v) is 21.1. The SMILES string of the molecule is COc1ccccc1[C@H]1C(=C(O)c2ccc(OC(C)C)cc2)C(=O)C(=O)N1CCCN1CCOCC1. The first kappa shape index (κ1) is 25.7. The number of rotatable bonds is 9. The van der Waals surface area contributed by atoms with Crippen molar-refractivity contribution in [2.45, 2.75) is 32.4 Å². The predicted molar refractivity (Wildman–Crippen MR) is 136 cm³/mol. The van der Waals surface area contributed by atoms with E-state index in [2.05, 4.69) is 4.90 Å². The second-order valence-corrected chi connectivity index (χ2v) is 9.23. The van der Waals surface area contributed by atoms with Crippen LogP contribution in [0, 0.1) is 0 Å². The van der Waals surface area contributed by atoms with Gasteiger partial charge in [0, 0.05) is 37.3 Å². The number of nitrogens with zero attached hydrogens (tertiary/aromatic N) is 2. The summed E-state index contributed by atoms with van der Waals surface area (Å²) >= 11 is 0. The van der Waals surface area contributed by atoms with Crippen LogP contribution in [0.5, 0.6) is 11.5 Å². The van der Waals surface area contributed by atoms with E-state index in [1.165, 1.54) is 0 Å². The normalized spacial score (nSPS) is 20.2. The molecule has 0 radical (unpaired) electrons. The van der Waals surface area contributed by atoms with E-state index in [1.54, 1.807) is 42.3 Å². The minimum Gasteiger partial charge on any atom is -0.507 e. The van der Waals surface area contributed by atoms with Crippen LogP contribution >= 0.6 is 0 Å². The summed E-state index contributed by atoms with van der Waals surface area (Å²) in [5.41, 5.74) is 1.16. The first-order valence-corrected chi connectivity index (χ1v) is 12.4. The molecule has 0 unspecified atom stereocenters. The molecule has 8 heteroatoms.